The third-order valence-corrected chi connectivity index (χ3v) is 5.65. The Morgan fingerprint density at radius 3 is 2.60 bits per heavy atom. The lowest BCUT2D eigenvalue weighted by atomic mass is 10.2. The summed E-state index contributed by atoms with van der Waals surface area (Å²) in [5.41, 5.74) is 6.40. The molecule has 0 aliphatic heterocycles. The zero-order valence-corrected chi connectivity index (χ0v) is 14.0. The van der Waals surface area contributed by atoms with E-state index in [2.05, 4.69) is 4.72 Å². The Balaban J connectivity index is 2.94. The van der Waals surface area contributed by atoms with Crippen LogP contribution in [0.4, 0.5) is 5.69 Å². The molecule has 20 heavy (non-hydrogen) atoms. The van der Waals surface area contributed by atoms with Crippen LogP contribution in [-0.2, 0) is 20.8 Å². The fourth-order valence-electron chi connectivity index (χ4n) is 1.69. The Hall–Kier alpha value is -0.630. The third-order valence-electron chi connectivity index (χ3n) is 2.78. The topological polar surface area (TPSA) is 89.3 Å². The zero-order valence-electron chi connectivity index (χ0n) is 11.6. The highest BCUT2D eigenvalue weighted by atomic mass is 35.5. The van der Waals surface area contributed by atoms with Crippen molar-refractivity contribution in [2.24, 2.45) is 0 Å². The van der Waals surface area contributed by atoms with Crippen molar-refractivity contribution in [2.45, 2.75) is 31.2 Å². The molecule has 1 rings (SSSR count). The molecule has 2 unspecified atom stereocenters. The minimum atomic E-state index is -3.66. The maximum absolute atomic E-state index is 12.3. The number of halogens is 1. The van der Waals surface area contributed by atoms with Crippen LogP contribution in [0, 0.1) is 6.92 Å². The first-order valence-electron chi connectivity index (χ1n) is 6.01. The summed E-state index contributed by atoms with van der Waals surface area (Å²) in [5, 5.41) is 0.330. The highest BCUT2D eigenvalue weighted by Gasteiger charge is 2.20. The van der Waals surface area contributed by atoms with Gasteiger partial charge in [0.1, 0.15) is 0 Å². The van der Waals surface area contributed by atoms with Crippen molar-refractivity contribution in [1.82, 2.24) is 4.72 Å². The number of nitrogens with one attached hydrogen (secondary N) is 1. The van der Waals surface area contributed by atoms with Crippen molar-refractivity contribution in [2.75, 3.05) is 17.7 Å². The van der Waals surface area contributed by atoms with Gasteiger partial charge in [-0.15, -0.1) is 0 Å². The minimum absolute atomic E-state index is 0.115. The molecule has 1 aromatic rings. The molecule has 0 saturated carbocycles. The molecule has 0 radical (unpaired) electrons. The van der Waals surface area contributed by atoms with E-state index in [4.69, 9.17) is 17.3 Å². The summed E-state index contributed by atoms with van der Waals surface area (Å²) >= 11 is 5.85. The summed E-state index contributed by atoms with van der Waals surface area (Å²) in [6, 6.07) is 2.57. The summed E-state index contributed by atoms with van der Waals surface area (Å²) in [6.45, 7) is 3.39. The summed E-state index contributed by atoms with van der Waals surface area (Å²) in [4.78, 5) is 0.115. The number of nitrogen functional groups attached to an aromatic ring is 1. The Labute approximate surface area is 127 Å². The van der Waals surface area contributed by atoms with Crippen LogP contribution in [0.2, 0.25) is 5.02 Å². The number of rotatable bonds is 6. The van der Waals surface area contributed by atoms with E-state index in [0.29, 0.717) is 22.8 Å². The summed E-state index contributed by atoms with van der Waals surface area (Å²) in [7, 11) is -4.61. The van der Waals surface area contributed by atoms with E-state index < -0.39 is 20.8 Å². The van der Waals surface area contributed by atoms with Crippen LogP contribution in [0.1, 0.15) is 18.9 Å². The van der Waals surface area contributed by atoms with Gasteiger partial charge in [-0.25, -0.2) is 13.1 Å². The van der Waals surface area contributed by atoms with E-state index in [1.807, 2.05) is 0 Å². The van der Waals surface area contributed by atoms with Crippen LogP contribution in [0.15, 0.2) is 17.0 Å². The molecule has 2 atom stereocenters. The summed E-state index contributed by atoms with van der Waals surface area (Å²) in [5.74, 6) is 0.450. The second-order valence-electron chi connectivity index (χ2n) is 4.73. The molecule has 0 aliphatic rings. The van der Waals surface area contributed by atoms with E-state index in [1.165, 1.54) is 12.1 Å². The minimum Gasteiger partial charge on any atom is -0.397 e. The summed E-state index contributed by atoms with van der Waals surface area (Å²) < 4.78 is 38.1. The molecule has 0 saturated heterocycles. The predicted octanol–water partition coefficient (Wildman–Crippen LogP) is 1.67. The van der Waals surface area contributed by atoms with Gasteiger partial charge in [-0.1, -0.05) is 11.6 Å². The molecule has 114 valence electrons. The predicted molar refractivity (Wildman–Crippen MR) is 83.9 cm³/mol. The van der Waals surface area contributed by atoms with Gasteiger partial charge in [0.15, 0.2) is 0 Å². The number of anilines is 1. The molecule has 0 aliphatic carbocycles. The first kappa shape index (κ1) is 17.4. The van der Waals surface area contributed by atoms with Gasteiger partial charge >= 0.3 is 0 Å². The highest BCUT2D eigenvalue weighted by molar-refractivity contribution is 7.89. The van der Waals surface area contributed by atoms with E-state index in [1.54, 1.807) is 20.1 Å². The molecule has 0 bridgehead atoms. The van der Waals surface area contributed by atoms with Gasteiger partial charge in [-0.3, -0.25) is 4.21 Å². The van der Waals surface area contributed by atoms with Gasteiger partial charge in [0.2, 0.25) is 10.0 Å². The highest BCUT2D eigenvalue weighted by Crippen LogP contribution is 2.26. The lowest BCUT2D eigenvalue weighted by molar-refractivity contribution is 0.555. The SMILES string of the molecule is Cc1cc(Cl)c(N)cc1S(=O)(=O)NC(C)CCS(C)=O. The van der Waals surface area contributed by atoms with Crippen molar-refractivity contribution < 1.29 is 12.6 Å². The Morgan fingerprint density at radius 2 is 2.05 bits per heavy atom. The van der Waals surface area contributed by atoms with Gasteiger partial charge in [0.25, 0.3) is 0 Å². The van der Waals surface area contributed by atoms with Crippen LogP contribution >= 0.6 is 11.6 Å². The van der Waals surface area contributed by atoms with Crippen LogP contribution < -0.4 is 10.5 Å². The standard InChI is InChI=1S/C12H19ClN2O3S2/c1-8-6-10(13)11(14)7-12(8)20(17,18)15-9(2)4-5-19(3)16/h6-7,9,15H,4-5,14H2,1-3H3. The van der Waals surface area contributed by atoms with E-state index in [9.17, 15) is 12.6 Å². The first-order chi connectivity index (χ1) is 9.13. The van der Waals surface area contributed by atoms with Crippen molar-refractivity contribution in [3.05, 3.63) is 22.7 Å². The molecular weight excluding hydrogens is 320 g/mol. The number of benzene rings is 1. The molecule has 0 heterocycles. The van der Waals surface area contributed by atoms with Crippen molar-refractivity contribution in [3.63, 3.8) is 0 Å². The largest absolute Gasteiger partial charge is 0.397 e. The van der Waals surface area contributed by atoms with E-state index in [0.717, 1.165) is 0 Å². The lowest BCUT2D eigenvalue weighted by Gasteiger charge is -2.15. The van der Waals surface area contributed by atoms with Gasteiger partial charge < -0.3 is 5.73 Å². The number of aryl methyl sites for hydroxylation is 1. The normalized spacial score (nSPS) is 15.0. The maximum Gasteiger partial charge on any atom is 0.241 e. The van der Waals surface area contributed by atoms with Crippen LogP contribution in [0.5, 0.6) is 0 Å². The molecule has 1 aromatic carbocycles. The Morgan fingerprint density at radius 1 is 1.45 bits per heavy atom. The van der Waals surface area contributed by atoms with Crippen LogP contribution in [0.3, 0.4) is 0 Å². The van der Waals surface area contributed by atoms with Gasteiger partial charge in [0, 0.05) is 28.9 Å². The average molecular weight is 339 g/mol. The van der Waals surface area contributed by atoms with Crippen molar-refractivity contribution in [1.29, 1.82) is 0 Å². The lowest BCUT2D eigenvalue weighted by Crippen LogP contribution is -2.34. The van der Waals surface area contributed by atoms with Gasteiger partial charge in [-0.05, 0) is 38.0 Å². The second kappa shape index (κ2) is 6.89. The quantitative estimate of drug-likeness (QED) is 0.772. The van der Waals surface area contributed by atoms with Gasteiger partial charge in [0.05, 0.1) is 15.6 Å². The van der Waals surface area contributed by atoms with Crippen molar-refractivity contribution in [3.8, 4) is 0 Å². The third kappa shape index (κ3) is 4.73. The van der Waals surface area contributed by atoms with Crippen molar-refractivity contribution >= 4 is 38.1 Å². The van der Waals surface area contributed by atoms with Gasteiger partial charge in [-0.2, -0.15) is 0 Å². The fraction of sp³-hybridized carbons (Fsp3) is 0.500. The fourth-order valence-corrected chi connectivity index (χ4v) is 4.13. The molecule has 0 aromatic heterocycles. The molecule has 5 nitrogen and oxygen atoms in total. The number of hydrogen-bond acceptors (Lipinski definition) is 4. The number of hydrogen-bond donors (Lipinski definition) is 2. The average Bonchev–Trinajstić information content (AvgIpc) is 2.30. The van der Waals surface area contributed by atoms with E-state index >= 15 is 0 Å². The zero-order chi connectivity index (χ0) is 15.5. The molecule has 3 N–H and O–H groups in total. The molecular formula is C12H19ClN2O3S2. The summed E-state index contributed by atoms with van der Waals surface area (Å²) in [6.07, 6.45) is 2.09. The molecule has 0 amide bonds. The van der Waals surface area contributed by atoms with E-state index in [-0.39, 0.29) is 16.6 Å². The number of sulfonamides is 1. The number of nitrogens with two attached hydrogens (primary N) is 1. The molecule has 8 heteroatoms. The monoisotopic (exact) mass is 338 g/mol. The molecule has 0 spiro atoms. The second-order valence-corrected chi connectivity index (χ2v) is 8.37. The van der Waals surface area contributed by atoms with Crippen LogP contribution in [-0.4, -0.2) is 30.7 Å². The van der Waals surface area contributed by atoms with Crippen LogP contribution in [0.25, 0.3) is 0 Å². The molecule has 0 fully saturated rings. The maximum atomic E-state index is 12.3. The first-order valence-corrected chi connectivity index (χ1v) is 9.60. The smallest absolute Gasteiger partial charge is 0.241 e. The Bertz CT molecular complexity index is 617. The Kier molecular flexibility index (Phi) is 6.00.